The van der Waals surface area contributed by atoms with Crippen molar-refractivity contribution in [3.63, 3.8) is 0 Å². The lowest BCUT2D eigenvalue weighted by Gasteiger charge is -2.26. The molecule has 1 atom stereocenters. The highest BCUT2D eigenvalue weighted by Crippen LogP contribution is 2.20. The maximum Gasteiger partial charge on any atom is 0.0623 e. The van der Waals surface area contributed by atoms with Gasteiger partial charge in [-0.1, -0.05) is 18.2 Å². The zero-order valence-corrected chi connectivity index (χ0v) is 10.2. The molecule has 0 spiro atoms. The van der Waals surface area contributed by atoms with Gasteiger partial charge in [-0.2, -0.15) is 0 Å². The highest BCUT2D eigenvalue weighted by molar-refractivity contribution is 5.37. The van der Waals surface area contributed by atoms with Crippen LogP contribution in [0.4, 0.5) is 0 Å². The van der Waals surface area contributed by atoms with E-state index >= 15 is 0 Å². The summed E-state index contributed by atoms with van der Waals surface area (Å²) in [5.74, 6) is 0. The molecule has 1 aromatic rings. The number of benzene rings is 1. The molecule has 92 valence electrons. The number of fused-ring (bicyclic) bond motifs is 1. The van der Waals surface area contributed by atoms with Gasteiger partial charge in [-0.05, 0) is 36.1 Å². The van der Waals surface area contributed by atoms with Gasteiger partial charge >= 0.3 is 0 Å². The first kappa shape index (κ1) is 11.2. The Labute approximate surface area is 103 Å². The van der Waals surface area contributed by atoms with Crippen LogP contribution in [0.3, 0.4) is 0 Å². The van der Waals surface area contributed by atoms with Crippen LogP contribution in [0.2, 0.25) is 0 Å². The third kappa shape index (κ3) is 2.51. The third-order valence-electron chi connectivity index (χ3n) is 3.70. The number of hydrogen-bond acceptors (Lipinski definition) is 3. The molecule has 2 heterocycles. The van der Waals surface area contributed by atoms with Crippen molar-refractivity contribution in [2.24, 2.45) is 0 Å². The quantitative estimate of drug-likeness (QED) is 0.793. The summed E-state index contributed by atoms with van der Waals surface area (Å²) in [6.45, 7) is 4.83. The van der Waals surface area contributed by atoms with Crippen LogP contribution >= 0.6 is 0 Å². The van der Waals surface area contributed by atoms with Crippen molar-refractivity contribution in [2.45, 2.75) is 25.4 Å². The zero-order valence-electron chi connectivity index (χ0n) is 10.2. The van der Waals surface area contributed by atoms with Crippen molar-refractivity contribution in [1.82, 2.24) is 10.6 Å². The minimum Gasteiger partial charge on any atom is -0.379 e. The molecule has 0 bridgehead atoms. The molecule has 0 saturated carbocycles. The molecule has 3 heteroatoms. The molecular weight excluding hydrogens is 212 g/mol. The summed E-state index contributed by atoms with van der Waals surface area (Å²) in [7, 11) is 0. The number of ether oxygens (including phenoxy) is 1. The molecule has 3 nitrogen and oxygen atoms in total. The zero-order chi connectivity index (χ0) is 11.5. The van der Waals surface area contributed by atoms with Crippen molar-refractivity contribution in [2.75, 3.05) is 26.3 Å². The summed E-state index contributed by atoms with van der Waals surface area (Å²) in [5.41, 5.74) is 4.55. The first-order valence-corrected chi connectivity index (χ1v) is 6.55. The maximum atomic E-state index is 5.52. The largest absolute Gasteiger partial charge is 0.379 e. The Balaban J connectivity index is 1.77. The van der Waals surface area contributed by atoms with E-state index in [1.165, 1.54) is 17.5 Å². The maximum absolute atomic E-state index is 5.52. The summed E-state index contributed by atoms with van der Waals surface area (Å²) < 4.78 is 5.52. The van der Waals surface area contributed by atoms with E-state index in [0.717, 1.165) is 39.3 Å². The molecular formula is C14H20N2O. The molecule has 0 radical (unpaired) electrons. The normalized spacial score (nSPS) is 24.4. The Kier molecular flexibility index (Phi) is 3.41. The minimum absolute atomic E-state index is 0.491. The van der Waals surface area contributed by atoms with Crippen LogP contribution < -0.4 is 10.6 Å². The summed E-state index contributed by atoms with van der Waals surface area (Å²) >= 11 is 0. The van der Waals surface area contributed by atoms with E-state index in [1.807, 2.05) is 0 Å². The highest BCUT2D eigenvalue weighted by atomic mass is 16.5. The van der Waals surface area contributed by atoms with Crippen LogP contribution in [0.1, 0.15) is 16.7 Å². The van der Waals surface area contributed by atoms with Gasteiger partial charge in [-0.3, -0.25) is 0 Å². The molecule has 0 amide bonds. The van der Waals surface area contributed by atoms with E-state index in [-0.39, 0.29) is 0 Å². The van der Waals surface area contributed by atoms with E-state index in [0.29, 0.717) is 6.04 Å². The van der Waals surface area contributed by atoms with Crippen LogP contribution in [-0.2, 0) is 24.1 Å². The van der Waals surface area contributed by atoms with E-state index in [1.54, 1.807) is 5.56 Å². The molecule has 0 aliphatic carbocycles. The first-order chi connectivity index (χ1) is 8.43. The fourth-order valence-electron chi connectivity index (χ4n) is 2.82. The van der Waals surface area contributed by atoms with Gasteiger partial charge in [-0.25, -0.2) is 0 Å². The number of nitrogens with one attached hydrogen (secondary N) is 2. The number of morpholine rings is 1. The van der Waals surface area contributed by atoms with E-state index in [2.05, 4.69) is 28.8 Å². The van der Waals surface area contributed by atoms with Crippen molar-refractivity contribution in [1.29, 1.82) is 0 Å². The van der Waals surface area contributed by atoms with Crippen LogP contribution in [-0.4, -0.2) is 32.3 Å². The predicted molar refractivity (Wildman–Crippen MR) is 68.2 cm³/mol. The summed E-state index contributed by atoms with van der Waals surface area (Å²) in [6.07, 6.45) is 2.27. The smallest absolute Gasteiger partial charge is 0.0623 e. The average Bonchev–Trinajstić information content (AvgIpc) is 2.40. The lowest BCUT2D eigenvalue weighted by molar-refractivity contribution is 0.0769. The average molecular weight is 232 g/mol. The highest BCUT2D eigenvalue weighted by Gasteiger charge is 2.17. The van der Waals surface area contributed by atoms with Gasteiger partial charge in [0.05, 0.1) is 13.2 Å². The standard InChI is InChI=1S/C14H20N2O/c1-2-11(8-13-10-17-7-6-16-13)14-4-5-15-9-12(14)3-1/h1-3,13,15-16H,4-10H2. The lowest BCUT2D eigenvalue weighted by atomic mass is 9.92. The number of rotatable bonds is 2. The van der Waals surface area contributed by atoms with Crippen LogP contribution in [0.25, 0.3) is 0 Å². The molecule has 3 rings (SSSR count). The molecule has 2 aliphatic rings. The molecule has 1 aromatic carbocycles. The molecule has 0 aromatic heterocycles. The number of hydrogen-bond donors (Lipinski definition) is 2. The summed E-state index contributed by atoms with van der Waals surface area (Å²) in [5, 5.41) is 6.97. The van der Waals surface area contributed by atoms with E-state index < -0.39 is 0 Å². The Morgan fingerprint density at radius 2 is 2.29 bits per heavy atom. The third-order valence-corrected chi connectivity index (χ3v) is 3.70. The Bertz CT molecular complexity index is 386. The van der Waals surface area contributed by atoms with E-state index in [4.69, 9.17) is 4.74 Å². The van der Waals surface area contributed by atoms with Gasteiger partial charge in [-0.15, -0.1) is 0 Å². The second kappa shape index (κ2) is 5.17. The second-order valence-corrected chi connectivity index (χ2v) is 4.91. The Morgan fingerprint density at radius 3 is 3.18 bits per heavy atom. The van der Waals surface area contributed by atoms with Gasteiger partial charge in [0, 0.05) is 19.1 Å². The van der Waals surface area contributed by atoms with Gasteiger partial charge < -0.3 is 15.4 Å². The topological polar surface area (TPSA) is 33.3 Å². The van der Waals surface area contributed by atoms with Gasteiger partial charge in [0.25, 0.3) is 0 Å². The molecule has 1 unspecified atom stereocenters. The van der Waals surface area contributed by atoms with Gasteiger partial charge in [0.15, 0.2) is 0 Å². The van der Waals surface area contributed by atoms with Gasteiger partial charge in [0.2, 0.25) is 0 Å². The summed E-state index contributed by atoms with van der Waals surface area (Å²) in [6, 6.07) is 7.20. The molecule has 1 saturated heterocycles. The van der Waals surface area contributed by atoms with Crippen LogP contribution in [0.15, 0.2) is 18.2 Å². The fourth-order valence-corrected chi connectivity index (χ4v) is 2.82. The SMILES string of the molecule is c1cc2c(c(CC3COCCN3)c1)CCNC2. The van der Waals surface area contributed by atoms with Gasteiger partial charge in [0.1, 0.15) is 0 Å². The molecule has 1 fully saturated rings. The lowest BCUT2D eigenvalue weighted by Crippen LogP contribution is -2.42. The van der Waals surface area contributed by atoms with Crippen LogP contribution in [0.5, 0.6) is 0 Å². The predicted octanol–water partition coefficient (Wildman–Crippen LogP) is 0.863. The van der Waals surface area contributed by atoms with Crippen molar-refractivity contribution in [3.8, 4) is 0 Å². The molecule has 2 aliphatic heterocycles. The van der Waals surface area contributed by atoms with E-state index in [9.17, 15) is 0 Å². The molecule has 17 heavy (non-hydrogen) atoms. The minimum atomic E-state index is 0.491. The Morgan fingerprint density at radius 1 is 1.29 bits per heavy atom. The van der Waals surface area contributed by atoms with Crippen molar-refractivity contribution < 1.29 is 4.74 Å². The fraction of sp³-hybridized carbons (Fsp3) is 0.571. The van der Waals surface area contributed by atoms with Crippen molar-refractivity contribution >= 4 is 0 Å². The second-order valence-electron chi connectivity index (χ2n) is 4.91. The first-order valence-electron chi connectivity index (χ1n) is 6.55. The molecule has 2 N–H and O–H groups in total. The Hall–Kier alpha value is -0.900. The summed E-state index contributed by atoms with van der Waals surface area (Å²) in [4.78, 5) is 0. The van der Waals surface area contributed by atoms with Crippen LogP contribution in [0, 0.1) is 0 Å². The monoisotopic (exact) mass is 232 g/mol. The van der Waals surface area contributed by atoms with Crippen molar-refractivity contribution in [3.05, 3.63) is 34.9 Å².